The molecule has 0 amide bonds. The van der Waals surface area contributed by atoms with E-state index in [1.54, 1.807) is 18.2 Å². The van der Waals surface area contributed by atoms with Crippen molar-refractivity contribution in [1.29, 1.82) is 0 Å². The number of ether oxygens (including phenoxy) is 2. The van der Waals surface area contributed by atoms with Crippen molar-refractivity contribution in [2.75, 3.05) is 20.3 Å². The summed E-state index contributed by atoms with van der Waals surface area (Å²) >= 11 is 0. The predicted octanol–water partition coefficient (Wildman–Crippen LogP) is 5.20. The first-order valence-corrected chi connectivity index (χ1v) is 10.5. The van der Waals surface area contributed by atoms with E-state index < -0.39 is 5.97 Å². The summed E-state index contributed by atoms with van der Waals surface area (Å²) in [7, 11) is 1.53. The van der Waals surface area contributed by atoms with Gasteiger partial charge < -0.3 is 19.4 Å². The third-order valence-corrected chi connectivity index (χ3v) is 4.81. The van der Waals surface area contributed by atoms with Crippen LogP contribution in [0.25, 0.3) is 11.1 Å². The molecule has 0 heterocycles. The summed E-state index contributed by atoms with van der Waals surface area (Å²) in [5, 5.41) is 13.3. The van der Waals surface area contributed by atoms with E-state index in [0.29, 0.717) is 17.1 Å². The van der Waals surface area contributed by atoms with E-state index in [1.165, 1.54) is 12.7 Å². The van der Waals surface area contributed by atoms with Crippen molar-refractivity contribution in [3.8, 4) is 22.6 Å². The highest BCUT2D eigenvalue weighted by Gasteiger charge is 2.07. The van der Waals surface area contributed by atoms with Crippen LogP contribution in [0.2, 0.25) is 0 Å². The maximum absolute atomic E-state index is 11.0. The summed E-state index contributed by atoms with van der Waals surface area (Å²) in [5.74, 6) is 0.163. The number of rotatable bonds is 11. The first-order valence-electron chi connectivity index (χ1n) is 10.5. The number of aliphatic carboxylic acids is 1. The summed E-state index contributed by atoms with van der Waals surface area (Å²) in [6, 6.07) is 23.5. The van der Waals surface area contributed by atoms with E-state index in [0.717, 1.165) is 23.3 Å². The van der Waals surface area contributed by atoms with Gasteiger partial charge in [-0.05, 0) is 40.8 Å². The zero-order valence-electron chi connectivity index (χ0n) is 18.3. The van der Waals surface area contributed by atoms with Gasteiger partial charge in [0.05, 0.1) is 19.2 Å². The average molecular weight is 434 g/mol. The number of oxime groups is 1. The van der Waals surface area contributed by atoms with E-state index in [9.17, 15) is 4.79 Å². The average Bonchev–Trinajstić information content (AvgIpc) is 2.81. The number of carbonyl (C=O) groups is 1. The van der Waals surface area contributed by atoms with Crippen LogP contribution < -0.4 is 9.47 Å². The van der Waals surface area contributed by atoms with Crippen molar-refractivity contribution in [3.05, 3.63) is 83.9 Å². The Balaban J connectivity index is 1.55. The van der Waals surface area contributed by atoms with Crippen LogP contribution in [-0.4, -0.2) is 37.1 Å². The van der Waals surface area contributed by atoms with E-state index in [1.807, 2.05) is 37.3 Å². The van der Waals surface area contributed by atoms with Crippen molar-refractivity contribution < 1.29 is 24.2 Å². The van der Waals surface area contributed by atoms with E-state index in [4.69, 9.17) is 19.4 Å². The second-order valence-electron chi connectivity index (χ2n) is 7.10. The second kappa shape index (κ2) is 11.6. The maximum atomic E-state index is 11.0. The minimum absolute atomic E-state index is 0.0999. The fourth-order valence-electron chi connectivity index (χ4n) is 3.24. The van der Waals surface area contributed by atoms with E-state index in [2.05, 4.69) is 29.4 Å². The minimum Gasteiger partial charge on any atom is -0.497 e. The summed E-state index contributed by atoms with van der Waals surface area (Å²) in [6.45, 7) is 2.56. The Morgan fingerprint density at radius 3 is 2.25 bits per heavy atom. The number of benzene rings is 3. The topological polar surface area (TPSA) is 77.4 Å². The Bertz CT molecular complexity index is 1050. The number of hydrogen-bond acceptors (Lipinski definition) is 5. The Labute approximate surface area is 188 Å². The summed E-state index contributed by atoms with van der Waals surface area (Å²) in [5.41, 5.74) is 4.80. The molecule has 0 fully saturated rings. The van der Waals surface area contributed by atoms with Crippen LogP contribution in [0.3, 0.4) is 0 Å². The molecule has 6 nitrogen and oxygen atoms in total. The van der Waals surface area contributed by atoms with Gasteiger partial charge in [-0.3, -0.25) is 4.79 Å². The largest absolute Gasteiger partial charge is 0.497 e. The van der Waals surface area contributed by atoms with Gasteiger partial charge in [0.15, 0.2) is 6.61 Å². The number of hydrogen-bond donors (Lipinski definition) is 1. The molecule has 0 bridgehead atoms. The molecular weight excluding hydrogens is 406 g/mol. The monoisotopic (exact) mass is 433 g/mol. The van der Waals surface area contributed by atoms with Crippen molar-refractivity contribution in [2.45, 2.75) is 19.8 Å². The van der Waals surface area contributed by atoms with Crippen LogP contribution in [0.4, 0.5) is 0 Å². The standard InChI is InChI=1S/C26H27NO5/c1-3-25(22-11-9-21(10-12-22)20-7-5-4-6-8-20)27-32-14-13-31-24-16-19(17-26(28)29)15-23(18-24)30-2/h4-12,15-16,18H,3,13-14,17H2,1-2H3,(H,28,29). The van der Waals surface area contributed by atoms with Crippen molar-refractivity contribution in [2.24, 2.45) is 5.16 Å². The number of carboxylic acid groups (broad SMARTS) is 1. The molecule has 0 aliphatic rings. The first kappa shape index (κ1) is 22.9. The Kier molecular flexibility index (Phi) is 8.26. The van der Waals surface area contributed by atoms with Gasteiger partial charge in [0, 0.05) is 6.07 Å². The molecule has 0 atom stereocenters. The Morgan fingerprint density at radius 1 is 0.906 bits per heavy atom. The molecule has 1 N–H and O–H groups in total. The van der Waals surface area contributed by atoms with Gasteiger partial charge in [-0.1, -0.05) is 66.7 Å². The molecule has 166 valence electrons. The molecule has 0 saturated heterocycles. The van der Waals surface area contributed by atoms with Gasteiger partial charge >= 0.3 is 5.97 Å². The molecule has 0 radical (unpaired) electrons. The lowest BCUT2D eigenvalue weighted by atomic mass is 10.0. The van der Waals surface area contributed by atoms with Crippen LogP contribution in [-0.2, 0) is 16.1 Å². The van der Waals surface area contributed by atoms with Gasteiger partial charge in [0.2, 0.25) is 0 Å². The quantitative estimate of drug-likeness (QED) is 0.256. The van der Waals surface area contributed by atoms with Crippen LogP contribution in [0.1, 0.15) is 24.5 Å². The molecule has 6 heteroatoms. The lowest BCUT2D eigenvalue weighted by Crippen LogP contribution is -2.07. The molecule has 0 aliphatic carbocycles. The zero-order valence-corrected chi connectivity index (χ0v) is 18.3. The van der Waals surface area contributed by atoms with Gasteiger partial charge in [-0.2, -0.15) is 0 Å². The lowest BCUT2D eigenvalue weighted by Gasteiger charge is -2.10. The lowest BCUT2D eigenvalue weighted by molar-refractivity contribution is -0.136. The minimum atomic E-state index is -0.911. The smallest absolute Gasteiger partial charge is 0.307 e. The van der Waals surface area contributed by atoms with E-state index >= 15 is 0 Å². The normalized spacial score (nSPS) is 11.1. The summed E-state index contributed by atoms with van der Waals surface area (Å²) < 4.78 is 10.9. The highest BCUT2D eigenvalue weighted by molar-refractivity contribution is 6.00. The molecule has 3 rings (SSSR count). The molecule has 3 aromatic rings. The highest BCUT2D eigenvalue weighted by atomic mass is 16.6. The van der Waals surface area contributed by atoms with Gasteiger partial charge in [0.25, 0.3) is 0 Å². The third kappa shape index (κ3) is 6.60. The fourth-order valence-corrected chi connectivity index (χ4v) is 3.24. The predicted molar refractivity (Wildman–Crippen MR) is 124 cm³/mol. The zero-order chi connectivity index (χ0) is 22.8. The van der Waals surface area contributed by atoms with E-state index in [-0.39, 0.29) is 19.6 Å². The molecular formula is C26H27NO5. The number of carboxylic acids is 1. The fraction of sp³-hybridized carbons (Fsp3) is 0.231. The Morgan fingerprint density at radius 2 is 1.59 bits per heavy atom. The Hall–Kier alpha value is -3.80. The number of nitrogens with zero attached hydrogens (tertiary/aromatic N) is 1. The molecule has 3 aromatic carbocycles. The van der Waals surface area contributed by atoms with Crippen LogP contribution in [0, 0.1) is 0 Å². The van der Waals surface area contributed by atoms with Crippen LogP contribution in [0.15, 0.2) is 78.0 Å². The highest BCUT2D eigenvalue weighted by Crippen LogP contribution is 2.23. The molecule has 0 spiro atoms. The van der Waals surface area contributed by atoms with Gasteiger partial charge in [-0.15, -0.1) is 0 Å². The summed E-state index contributed by atoms with van der Waals surface area (Å²) in [4.78, 5) is 16.4. The SMILES string of the molecule is CCC(=NOCCOc1cc(CC(=O)O)cc(OC)c1)c1ccc(-c2ccccc2)cc1. The van der Waals surface area contributed by atoms with Gasteiger partial charge in [-0.25, -0.2) is 0 Å². The van der Waals surface area contributed by atoms with Crippen LogP contribution >= 0.6 is 0 Å². The van der Waals surface area contributed by atoms with Crippen LogP contribution in [0.5, 0.6) is 11.5 Å². The maximum Gasteiger partial charge on any atom is 0.307 e. The molecule has 0 saturated carbocycles. The second-order valence-corrected chi connectivity index (χ2v) is 7.10. The van der Waals surface area contributed by atoms with Gasteiger partial charge in [0.1, 0.15) is 18.1 Å². The summed E-state index contributed by atoms with van der Waals surface area (Å²) in [6.07, 6.45) is 0.636. The molecule has 0 aliphatic heterocycles. The van der Waals surface area contributed by atoms with Crippen molar-refractivity contribution in [1.82, 2.24) is 0 Å². The molecule has 0 unspecified atom stereocenters. The first-order chi connectivity index (χ1) is 15.6. The molecule has 32 heavy (non-hydrogen) atoms. The van der Waals surface area contributed by atoms with Crippen molar-refractivity contribution in [3.63, 3.8) is 0 Å². The number of methoxy groups -OCH3 is 1. The third-order valence-electron chi connectivity index (χ3n) is 4.81. The molecule has 0 aromatic heterocycles. The van der Waals surface area contributed by atoms with Crippen molar-refractivity contribution >= 4 is 11.7 Å².